The minimum atomic E-state index is -1.59. The number of carbonyl (C=O) groups excluding carboxylic acids is 6. The first-order valence-electron chi connectivity index (χ1n) is 21.8. The Labute approximate surface area is 379 Å². The van der Waals surface area contributed by atoms with Crippen molar-refractivity contribution in [2.45, 2.75) is 104 Å². The van der Waals surface area contributed by atoms with E-state index in [0.29, 0.717) is 69.0 Å². The number of likely N-dealkylation sites (tertiary alicyclic amines) is 1. The maximum Gasteiger partial charge on any atom is 0.323 e. The molecule has 0 bridgehead atoms. The molecule has 356 valence electrons. The van der Waals surface area contributed by atoms with Crippen molar-refractivity contribution in [3.63, 3.8) is 0 Å². The number of hydrogen-bond acceptors (Lipinski definition) is 11. The van der Waals surface area contributed by atoms with Gasteiger partial charge in [0.25, 0.3) is 0 Å². The van der Waals surface area contributed by atoms with E-state index < -0.39 is 72.1 Å². The summed E-state index contributed by atoms with van der Waals surface area (Å²) in [5, 5.41) is 28.9. The standard InChI is InChI=1S/C44H64N10O11/c1-28(2)25-34(48-37(55)26-31-14-16-32(17-15-31)47-44(62)50-33-12-7-6-11-30(33)5)40(58)49-35(27-38(56)57)41(59)51-39(29(3)4)43(61)54-19-10-13-36(54)42(60)46-18-8-9-20-63-21-22-64-23-24-65-53-52-45/h6-7,11-12,14-17,28-29,34-36,39H,8-10,13,18-27H2,1-5H3,(H,46,60)(H,48,55)(H,49,58)(H,51,59)(H,56,57)(H2,47,50,62)/t34-,35-,36-,39-/m0/s1. The molecule has 2 aromatic rings. The smallest absolute Gasteiger partial charge is 0.323 e. The van der Waals surface area contributed by atoms with Gasteiger partial charge in [0.05, 0.1) is 32.7 Å². The van der Waals surface area contributed by atoms with Gasteiger partial charge in [0.1, 0.15) is 36.1 Å². The molecule has 21 nitrogen and oxygen atoms in total. The van der Waals surface area contributed by atoms with Crippen LogP contribution >= 0.6 is 0 Å². The van der Waals surface area contributed by atoms with Crippen LogP contribution in [0.3, 0.4) is 0 Å². The van der Waals surface area contributed by atoms with Gasteiger partial charge in [0, 0.05) is 36.0 Å². The van der Waals surface area contributed by atoms with Crippen molar-refractivity contribution in [3.8, 4) is 0 Å². The highest BCUT2D eigenvalue weighted by Gasteiger charge is 2.40. The molecule has 1 aliphatic rings. The highest BCUT2D eigenvalue weighted by atomic mass is 16.7. The SMILES string of the molecule is Cc1ccccc1NC(=O)Nc1ccc(CC(=O)N[C@@H](CC(C)C)C(=O)N[C@@H](CC(=O)O)C(=O)N[C@H](C(=O)N2CCC[C@H]2C(=O)NCCCCOCCOCCON=[N+]=[N-])C(C)C)cc1. The molecule has 0 aromatic heterocycles. The number of ether oxygens (including phenoxy) is 2. The van der Waals surface area contributed by atoms with Gasteiger partial charge in [-0.1, -0.05) is 58.0 Å². The maximum atomic E-state index is 13.9. The zero-order valence-corrected chi connectivity index (χ0v) is 37.8. The second-order valence-corrected chi connectivity index (χ2v) is 16.3. The van der Waals surface area contributed by atoms with Gasteiger partial charge in [-0.15, -0.1) is 0 Å². The van der Waals surface area contributed by atoms with Crippen LogP contribution in [0.1, 0.15) is 77.3 Å². The molecule has 2 aromatic carbocycles. The lowest BCUT2D eigenvalue weighted by Gasteiger charge is -2.31. The van der Waals surface area contributed by atoms with E-state index in [2.05, 4.69) is 46.9 Å². The lowest BCUT2D eigenvalue weighted by atomic mass is 10.00. The van der Waals surface area contributed by atoms with Crippen LogP contribution in [0, 0.1) is 18.8 Å². The van der Waals surface area contributed by atoms with Crippen molar-refractivity contribution in [1.29, 1.82) is 0 Å². The van der Waals surface area contributed by atoms with Crippen LogP contribution in [0.5, 0.6) is 0 Å². The number of urea groups is 1. The normalized spacial score (nSPS) is 14.6. The van der Waals surface area contributed by atoms with Crippen LogP contribution < -0.4 is 31.9 Å². The van der Waals surface area contributed by atoms with E-state index in [1.807, 2.05) is 39.0 Å². The van der Waals surface area contributed by atoms with Gasteiger partial charge in [-0.2, -0.15) is 0 Å². The molecule has 1 fully saturated rings. The van der Waals surface area contributed by atoms with Gasteiger partial charge in [-0.3, -0.25) is 28.8 Å². The number of carboxylic acid groups (broad SMARTS) is 1. The molecule has 4 atom stereocenters. The third-order valence-electron chi connectivity index (χ3n) is 10.2. The zero-order valence-electron chi connectivity index (χ0n) is 37.8. The number of nitrogens with zero attached hydrogens (tertiary/aromatic N) is 4. The van der Waals surface area contributed by atoms with E-state index in [4.69, 9.17) is 15.0 Å². The number of nitrogens with one attached hydrogen (secondary N) is 6. The number of aliphatic carboxylic acids is 1. The number of benzene rings is 2. The summed E-state index contributed by atoms with van der Waals surface area (Å²) in [6.45, 7) is 11.1. The Bertz CT molecular complexity index is 1940. The van der Waals surface area contributed by atoms with Crippen LogP contribution in [0.25, 0.3) is 10.4 Å². The molecule has 0 radical (unpaired) electrons. The fourth-order valence-electron chi connectivity index (χ4n) is 6.89. The van der Waals surface area contributed by atoms with Gasteiger partial charge in [-0.25, -0.2) is 4.79 Å². The average Bonchev–Trinajstić information content (AvgIpc) is 3.75. The first-order valence-corrected chi connectivity index (χ1v) is 21.8. The number of para-hydroxylation sites is 1. The van der Waals surface area contributed by atoms with Gasteiger partial charge in [-0.05, 0) is 85.7 Å². The molecule has 0 saturated carbocycles. The zero-order chi connectivity index (χ0) is 47.7. The van der Waals surface area contributed by atoms with Crippen molar-refractivity contribution in [2.75, 3.05) is 56.8 Å². The molecule has 65 heavy (non-hydrogen) atoms. The number of carboxylic acids is 1. The first kappa shape index (κ1) is 52.9. The molecule has 0 spiro atoms. The monoisotopic (exact) mass is 908 g/mol. The number of carbonyl (C=O) groups is 7. The van der Waals surface area contributed by atoms with Crippen LogP contribution in [-0.4, -0.2) is 122 Å². The molecule has 7 amide bonds. The fraction of sp³-hybridized carbons (Fsp3) is 0.568. The van der Waals surface area contributed by atoms with Gasteiger partial charge >= 0.3 is 12.0 Å². The van der Waals surface area contributed by atoms with E-state index in [-0.39, 0.29) is 44.4 Å². The number of aryl methyl sites for hydroxylation is 1. The second-order valence-electron chi connectivity index (χ2n) is 16.3. The second kappa shape index (κ2) is 28.4. The van der Waals surface area contributed by atoms with E-state index in [0.717, 1.165) is 5.56 Å². The predicted molar refractivity (Wildman–Crippen MR) is 240 cm³/mol. The highest BCUT2D eigenvalue weighted by Crippen LogP contribution is 2.21. The lowest BCUT2D eigenvalue weighted by Crippen LogP contribution is -2.59. The van der Waals surface area contributed by atoms with E-state index in [1.165, 1.54) is 4.90 Å². The molecule has 21 heteroatoms. The number of amides is 7. The van der Waals surface area contributed by atoms with E-state index >= 15 is 0 Å². The summed E-state index contributed by atoms with van der Waals surface area (Å²) in [6, 6.07) is 8.88. The van der Waals surface area contributed by atoms with Crippen LogP contribution in [0.4, 0.5) is 16.2 Å². The molecule has 3 rings (SSSR count). The van der Waals surface area contributed by atoms with Gasteiger partial charge in [0.15, 0.2) is 0 Å². The van der Waals surface area contributed by atoms with Crippen LogP contribution in [0.2, 0.25) is 0 Å². The summed E-state index contributed by atoms with van der Waals surface area (Å²) in [4.78, 5) is 101. The minimum absolute atomic E-state index is 0.0852. The third kappa shape index (κ3) is 19.5. The number of anilines is 2. The molecule has 1 aliphatic heterocycles. The summed E-state index contributed by atoms with van der Waals surface area (Å²) < 4.78 is 10.8. The summed E-state index contributed by atoms with van der Waals surface area (Å²) in [7, 11) is 0. The fourth-order valence-corrected chi connectivity index (χ4v) is 6.89. The molecule has 1 saturated heterocycles. The summed E-state index contributed by atoms with van der Waals surface area (Å²) in [5.41, 5.74) is 10.8. The first-order chi connectivity index (χ1) is 31.1. The predicted octanol–water partition coefficient (Wildman–Crippen LogP) is 3.98. The summed E-state index contributed by atoms with van der Waals surface area (Å²) in [5.74, 6) is -4.96. The Hall–Kier alpha value is -6.44. The van der Waals surface area contributed by atoms with Crippen LogP contribution in [0.15, 0.2) is 53.8 Å². The quantitative estimate of drug-likeness (QED) is 0.0211. The number of rotatable bonds is 28. The topological polar surface area (TPSA) is 292 Å². The van der Waals surface area contributed by atoms with Crippen LogP contribution in [-0.2, 0) is 49.5 Å². The number of azide groups is 1. The summed E-state index contributed by atoms with van der Waals surface area (Å²) >= 11 is 0. The Morgan fingerprint density at radius 2 is 1.52 bits per heavy atom. The van der Waals surface area contributed by atoms with Crippen molar-refractivity contribution >= 4 is 52.9 Å². The summed E-state index contributed by atoms with van der Waals surface area (Å²) in [6.07, 6.45) is 1.53. The largest absolute Gasteiger partial charge is 0.481 e. The minimum Gasteiger partial charge on any atom is -0.481 e. The van der Waals surface area contributed by atoms with Crippen molar-refractivity contribution in [2.24, 2.45) is 17.1 Å². The molecular formula is C44H64N10O11. The highest BCUT2D eigenvalue weighted by molar-refractivity contribution is 6.00. The number of hydrogen-bond donors (Lipinski definition) is 7. The van der Waals surface area contributed by atoms with Gasteiger partial charge < -0.3 is 56.2 Å². The maximum absolute atomic E-state index is 13.9. The lowest BCUT2D eigenvalue weighted by molar-refractivity contribution is -0.144. The van der Waals surface area contributed by atoms with Crippen molar-refractivity contribution < 1.29 is 53.0 Å². The molecule has 7 N–H and O–H groups in total. The Kier molecular flexibility index (Phi) is 23.1. The Morgan fingerprint density at radius 3 is 2.18 bits per heavy atom. The van der Waals surface area contributed by atoms with Crippen molar-refractivity contribution in [3.05, 3.63) is 70.1 Å². The average molecular weight is 909 g/mol. The molecule has 1 heterocycles. The number of unbranched alkanes of at least 4 members (excludes halogenated alkanes) is 1. The Morgan fingerprint density at radius 1 is 0.846 bits per heavy atom. The van der Waals surface area contributed by atoms with Crippen molar-refractivity contribution in [1.82, 2.24) is 26.2 Å². The Balaban J connectivity index is 1.54. The van der Waals surface area contributed by atoms with E-state index in [1.54, 1.807) is 44.2 Å². The molecule has 0 unspecified atom stereocenters. The molecular weight excluding hydrogens is 845 g/mol. The van der Waals surface area contributed by atoms with E-state index in [9.17, 15) is 38.7 Å². The molecule has 0 aliphatic carbocycles. The third-order valence-corrected chi connectivity index (χ3v) is 10.2. The van der Waals surface area contributed by atoms with Gasteiger partial charge in [0.2, 0.25) is 29.5 Å².